The van der Waals surface area contributed by atoms with E-state index in [2.05, 4.69) is 4.98 Å². The van der Waals surface area contributed by atoms with Crippen LogP contribution in [-0.2, 0) is 10.0 Å². The van der Waals surface area contributed by atoms with Crippen LogP contribution in [0.2, 0.25) is 5.02 Å². The van der Waals surface area contributed by atoms with Gasteiger partial charge in [0.25, 0.3) is 5.91 Å². The molecule has 3 rings (SSSR count). The molecule has 0 radical (unpaired) electrons. The van der Waals surface area contributed by atoms with Crippen LogP contribution in [0.3, 0.4) is 0 Å². The SMILES string of the molecule is CCCN(CCC)S(=O)(=O)c1ccc(C(=O)N(CCN(C)C)c2nc3c(OC)ccc(Cl)c3s2)cc1. The minimum absolute atomic E-state index is 0.178. The number of carbonyl (C=O) groups is 1. The van der Waals surface area contributed by atoms with Gasteiger partial charge in [0.15, 0.2) is 5.13 Å². The summed E-state index contributed by atoms with van der Waals surface area (Å²) in [5.74, 6) is 0.309. The Balaban J connectivity index is 1.97. The lowest BCUT2D eigenvalue weighted by Gasteiger charge is -2.23. The number of fused-ring (bicyclic) bond motifs is 1. The van der Waals surface area contributed by atoms with Crippen molar-refractivity contribution in [3.05, 3.63) is 47.0 Å². The zero-order valence-electron chi connectivity index (χ0n) is 21.3. The molecule has 0 bridgehead atoms. The Hall–Kier alpha value is -2.24. The van der Waals surface area contributed by atoms with Crippen LogP contribution in [0, 0.1) is 0 Å². The topological polar surface area (TPSA) is 83.1 Å². The van der Waals surface area contributed by atoms with Gasteiger partial charge in [0.2, 0.25) is 10.0 Å². The smallest absolute Gasteiger partial charge is 0.260 e. The van der Waals surface area contributed by atoms with E-state index in [0.29, 0.717) is 53.2 Å². The van der Waals surface area contributed by atoms with Crippen LogP contribution >= 0.6 is 22.9 Å². The quantitative estimate of drug-likeness (QED) is 0.315. The summed E-state index contributed by atoms with van der Waals surface area (Å²) in [6.07, 6.45) is 1.46. The first kappa shape index (κ1) is 28.3. The summed E-state index contributed by atoms with van der Waals surface area (Å²) >= 11 is 7.72. The average Bonchev–Trinajstić information content (AvgIpc) is 3.30. The Labute approximate surface area is 222 Å². The van der Waals surface area contributed by atoms with Crippen molar-refractivity contribution in [2.75, 3.05) is 52.3 Å². The van der Waals surface area contributed by atoms with E-state index in [9.17, 15) is 13.2 Å². The monoisotopic (exact) mass is 552 g/mol. The maximum Gasteiger partial charge on any atom is 0.260 e. The van der Waals surface area contributed by atoms with Crippen molar-refractivity contribution in [1.82, 2.24) is 14.2 Å². The minimum Gasteiger partial charge on any atom is -0.494 e. The van der Waals surface area contributed by atoms with Crippen LogP contribution in [0.25, 0.3) is 10.2 Å². The van der Waals surface area contributed by atoms with Crippen LogP contribution in [0.4, 0.5) is 5.13 Å². The first-order valence-corrected chi connectivity index (χ1v) is 14.5. The second-order valence-electron chi connectivity index (χ2n) is 8.61. The molecule has 0 saturated heterocycles. The number of benzene rings is 2. The van der Waals surface area contributed by atoms with E-state index in [4.69, 9.17) is 16.3 Å². The van der Waals surface area contributed by atoms with E-state index >= 15 is 0 Å². The highest BCUT2D eigenvalue weighted by Crippen LogP contribution is 2.39. The first-order valence-electron chi connectivity index (χ1n) is 11.8. The normalized spacial score (nSPS) is 12.0. The van der Waals surface area contributed by atoms with Gasteiger partial charge in [-0.05, 0) is 63.3 Å². The van der Waals surface area contributed by atoms with Gasteiger partial charge in [0.1, 0.15) is 11.3 Å². The van der Waals surface area contributed by atoms with E-state index in [0.717, 1.165) is 17.5 Å². The van der Waals surface area contributed by atoms with Crippen molar-refractivity contribution in [3.8, 4) is 5.75 Å². The summed E-state index contributed by atoms with van der Waals surface area (Å²) in [4.78, 5) is 22.1. The Kier molecular flexibility index (Phi) is 9.71. The van der Waals surface area contributed by atoms with Crippen molar-refractivity contribution < 1.29 is 17.9 Å². The summed E-state index contributed by atoms with van der Waals surface area (Å²) in [6.45, 7) is 5.83. The third-order valence-corrected chi connectivity index (χ3v) is 9.05. The molecular formula is C25H33ClN4O4S2. The summed E-state index contributed by atoms with van der Waals surface area (Å²) in [7, 11) is 1.79. The number of methoxy groups -OCH3 is 1. The van der Waals surface area contributed by atoms with Crippen LogP contribution in [-0.4, -0.2) is 75.9 Å². The molecule has 1 amide bonds. The molecule has 0 saturated carbocycles. The summed E-state index contributed by atoms with van der Waals surface area (Å²) in [6, 6.07) is 9.63. The number of halogens is 1. The molecule has 11 heteroatoms. The number of amides is 1. The van der Waals surface area contributed by atoms with Gasteiger partial charge in [-0.3, -0.25) is 9.69 Å². The Bertz CT molecular complexity index is 1290. The molecule has 8 nitrogen and oxygen atoms in total. The van der Waals surface area contributed by atoms with Crippen LogP contribution < -0.4 is 9.64 Å². The fourth-order valence-electron chi connectivity index (χ4n) is 3.73. The molecule has 1 aromatic heterocycles. The molecule has 3 aromatic rings. The molecule has 0 unspecified atom stereocenters. The van der Waals surface area contributed by atoms with Gasteiger partial charge in [-0.15, -0.1) is 0 Å². The molecular weight excluding hydrogens is 520 g/mol. The van der Waals surface area contributed by atoms with E-state index in [-0.39, 0.29) is 10.8 Å². The highest BCUT2D eigenvalue weighted by Gasteiger charge is 2.26. The zero-order valence-corrected chi connectivity index (χ0v) is 23.7. The highest BCUT2D eigenvalue weighted by atomic mass is 35.5. The number of likely N-dealkylation sites (N-methyl/N-ethyl adjacent to an activating group) is 1. The van der Waals surface area contributed by atoms with Crippen LogP contribution in [0.5, 0.6) is 5.75 Å². The minimum atomic E-state index is -3.63. The predicted octanol–water partition coefficient (Wildman–Crippen LogP) is 4.98. The van der Waals surface area contributed by atoms with Gasteiger partial charge in [0.05, 0.1) is 21.7 Å². The number of thiazole rings is 1. The highest BCUT2D eigenvalue weighted by molar-refractivity contribution is 7.89. The lowest BCUT2D eigenvalue weighted by atomic mass is 10.2. The third kappa shape index (κ3) is 6.18. The van der Waals surface area contributed by atoms with Crippen LogP contribution in [0.15, 0.2) is 41.3 Å². The van der Waals surface area contributed by atoms with E-state index in [1.54, 1.807) is 36.3 Å². The number of sulfonamides is 1. The van der Waals surface area contributed by atoms with E-state index in [1.165, 1.54) is 27.8 Å². The Morgan fingerprint density at radius 3 is 2.19 bits per heavy atom. The van der Waals surface area contributed by atoms with Gasteiger partial charge in [0, 0.05) is 31.7 Å². The molecule has 0 aliphatic heterocycles. The lowest BCUT2D eigenvalue weighted by Crippen LogP contribution is -2.36. The largest absolute Gasteiger partial charge is 0.494 e. The second kappa shape index (κ2) is 12.3. The molecule has 0 aliphatic rings. The number of aromatic nitrogens is 1. The maximum absolute atomic E-state index is 13.6. The summed E-state index contributed by atoms with van der Waals surface area (Å²) in [5.41, 5.74) is 0.976. The van der Waals surface area contributed by atoms with Gasteiger partial charge < -0.3 is 9.64 Å². The zero-order chi connectivity index (χ0) is 26.5. The van der Waals surface area contributed by atoms with Crippen molar-refractivity contribution in [1.29, 1.82) is 0 Å². The number of anilines is 1. The molecule has 2 aromatic carbocycles. The summed E-state index contributed by atoms with van der Waals surface area (Å²) < 4.78 is 33.9. The molecule has 0 fully saturated rings. The number of nitrogens with zero attached hydrogens (tertiary/aromatic N) is 4. The van der Waals surface area contributed by atoms with Gasteiger partial charge in [-0.1, -0.05) is 36.8 Å². The Morgan fingerprint density at radius 1 is 1.00 bits per heavy atom. The molecule has 36 heavy (non-hydrogen) atoms. The molecule has 0 aliphatic carbocycles. The van der Waals surface area contributed by atoms with Crippen molar-refractivity contribution in [2.24, 2.45) is 0 Å². The fourth-order valence-corrected chi connectivity index (χ4v) is 6.64. The molecule has 0 N–H and O–H groups in total. The van der Waals surface area contributed by atoms with E-state index in [1.807, 2.05) is 32.8 Å². The van der Waals surface area contributed by atoms with Gasteiger partial charge >= 0.3 is 0 Å². The average molecular weight is 553 g/mol. The Morgan fingerprint density at radius 2 is 1.64 bits per heavy atom. The van der Waals surface area contributed by atoms with Gasteiger partial charge in [-0.2, -0.15) is 4.31 Å². The van der Waals surface area contributed by atoms with Gasteiger partial charge in [-0.25, -0.2) is 13.4 Å². The van der Waals surface area contributed by atoms with Crippen molar-refractivity contribution >= 4 is 54.2 Å². The van der Waals surface area contributed by atoms with E-state index < -0.39 is 10.0 Å². The van der Waals surface area contributed by atoms with Crippen molar-refractivity contribution in [3.63, 3.8) is 0 Å². The first-order chi connectivity index (χ1) is 17.1. The molecule has 0 spiro atoms. The number of hydrogen-bond acceptors (Lipinski definition) is 7. The van der Waals surface area contributed by atoms with Crippen molar-refractivity contribution in [2.45, 2.75) is 31.6 Å². The fraction of sp³-hybridized carbons (Fsp3) is 0.440. The predicted molar refractivity (Wildman–Crippen MR) is 147 cm³/mol. The molecule has 0 atom stereocenters. The third-order valence-electron chi connectivity index (χ3n) is 5.60. The number of rotatable bonds is 12. The number of hydrogen-bond donors (Lipinski definition) is 0. The maximum atomic E-state index is 13.6. The number of carbonyl (C=O) groups excluding carboxylic acids is 1. The summed E-state index contributed by atoms with van der Waals surface area (Å²) in [5, 5.41) is 1.03. The molecule has 196 valence electrons. The standard InChI is InChI=1S/C25H33ClN4O4S2/c1-6-14-29(15-7-2)36(32,33)19-10-8-18(9-11-19)24(31)30(17-16-28(3)4)25-27-22-21(34-5)13-12-20(26)23(22)35-25/h8-13H,6-7,14-17H2,1-5H3. The lowest BCUT2D eigenvalue weighted by molar-refractivity contribution is 0.0985. The number of ether oxygens (including phenoxy) is 1. The second-order valence-corrected chi connectivity index (χ2v) is 11.9. The van der Waals surface area contributed by atoms with Crippen LogP contribution in [0.1, 0.15) is 37.0 Å². The molecule has 1 heterocycles.